The van der Waals surface area contributed by atoms with Gasteiger partial charge in [0.05, 0.1) is 5.69 Å². The highest BCUT2D eigenvalue weighted by Crippen LogP contribution is 2.40. The highest BCUT2D eigenvalue weighted by molar-refractivity contribution is 7.17. The van der Waals surface area contributed by atoms with Crippen LogP contribution in [0.5, 0.6) is 0 Å². The standard InChI is InChI=1S/C14H22N2O2S/c1-2-3-4-9-5-7-10(8-6-9)11-12(13(17)18)19-14(15)16-11/h9-10H,2-8H2,1H3,(H2,15,16)(H,17,18). The molecule has 1 saturated carbocycles. The molecule has 0 saturated heterocycles. The van der Waals surface area contributed by atoms with Gasteiger partial charge in [-0.05, 0) is 31.6 Å². The van der Waals surface area contributed by atoms with Crippen LogP contribution in [0.15, 0.2) is 0 Å². The number of carboxylic acids is 1. The van der Waals surface area contributed by atoms with Crippen LogP contribution in [0.4, 0.5) is 5.13 Å². The van der Waals surface area contributed by atoms with Crippen LogP contribution in [0.25, 0.3) is 0 Å². The van der Waals surface area contributed by atoms with E-state index in [1.165, 1.54) is 32.1 Å². The summed E-state index contributed by atoms with van der Waals surface area (Å²) in [4.78, 5) is 15.8. The zero-order chi connectivity index (χ0) is 13.8. The molecule has 0 amide bonds. The van der Waals surface area contributed by atoms with Crippen molar-refractivity contribution in [2.75, 3.05) is 5.73 Å². The Bertz CT molecular complexity index is 437. The second-order valence-electron chi connectivity index (χ2n) is 5.43. The lowest BCUT2D eigenvalue weighted by molar-refractivity contribution is 0.0699. The Morgan fingerprint density at radius 1 is 1.42 bits per heavy atom. The number of anilines is 1. The molecule has 0 radical (unpaired) electrons. The van der Waals surface area contributed by atoms with E-state index in [0.29, 0.717) is 10.0 Å². The van der Waals surface area contributed by atoms with E-state index in [1.807, 2.05) is 0 Å². The minimum Gasteiger partial charge on any atom is -0.477 e. The Morgan fingerprint density at radius 2 is 2.11 bits per heavy atom. The molecule has 2 rings (SSSR count). The Morgan fingerprint density at radius 3 is 2.68 bits per heavy atom. The molecule has 0 spiro atoms. The van der Waals surface area contributed by atoms with Gasteiger partial charge in [0.15, 0.2) is 5.13 Å². The topological polar surface area (TPSA) is 76.2 Å². The molecule has 0 aliphatic heterocycles. The fourth-order valence-corrected chi connectivity index (χ4v) is 3.75. The Labute approximate surface area is 118 Å². The zero-order valence-electron chi connectivity index (χ0n) is 11.4. The molecule has 19 heavy (non-hydrogen) atoms. The normalized spacial score (nSPS) is 23.4. The number of unbranched alkanes of at least 4 members (excludes halogenated alkanes) is 1. The minimum absolute atomic E-state index is 0.289. The maximum absolute atomic E-state index is 11.2. The first-order chi connectivity index (χ1) is 9.11. The fourth-order valence-electron chi connectivity index (χ4n) is 3.00. The van der Waals surface area contributed by atoms with Crippen LogP contribution in [0.1, 0.15) is 73.2 Å². The molecular formula is C14H22N2O2S. The molecular weight excluding hydrogens is 260 g/mol. The lowest BCUT2D eigenvalue weighted by Crippen LogP contribution is -2.15. The molecule has 1 aliphatic carbocycles. The molecule has 106 valence electrons. The van der Waals surface area contributed by atoms with Crippen molar-refractivity contribution in [3.8, 4) is 0 Å². The van der Waals surface area contributed by atoms with Gasteiger partial charge in [0.2, 0.25) is 0 Å². The minimum atomic E-state index is -0.891. The lowest BCUT2D eigenvalue weighted by atomic mass is 9.78. The maximum Gasteiger partial charge on any atom is 0.347 e. The van der Waals surface area contributed by atoms with E-state index >= 15 is 0 Å². The third-order valence-corrected chi connectivity index (χ3v) is 4.95. The van der Waals surface area contributed by atoms with Crippen molar-refractivity contribution in [1.82, 2.24) is 4.98 Å². The average Bonchev–Trinajstić information content (AvgIpc) is 2.79. The Balaban J connectivity index is 1.99. The summed E-state index contributed by atoms with van der Waals surface area (Å²) >= 11 is 1.10. The van der Waals surface area contributed by atoms with Gasteiger partial charge in [0.1, 0.15) is 4.88 Å². The quantitative estimate of drug-likeness (QED) is 0.859. The van der Waals surface area contributed by atoms with Gasteiger partial charge in [-0.1, -0.05) is 37.5 Å². The molecule has 5 heteroatoms. The molecule has 1 aromatic rings. The van der Waals surface area contributed by atoms with Gasteiger partial charge in [-0.2, -0.15) is 0 Å². The molecule has 0 atom stereocenters. The van der Waals surface area contributed by atoms with Crippen LogP contribution in [-0.2, 0) is 0 Å². The molecule has 0 aromatic carbocycles. The second kappa shape index (κ2) is 6.37. The number of carboxylic acid groups (broad SMARTS) is 1. The molecule has 0 unspecified atom stereocenters. The summed E-state index contributed by atoms with van der Waals surface area (Å²) in [5.41, 5.74) is 6.39. The monoisotopic (exact) mass is 282 g/mol. The summed E-state index contributed by atoms with van der Waals surface area (Å²) in [6.45, 7) is 2.23. The van der Waals surface area contributed by atoms with Crippen LogP contribution in [-0.4, -0.2) is 16.1 Å². The number of aromatic nitrogens is 1. The van der Waals surface area contributed by atoms with Gasteiger partial charge in [0, 0.05) is 5.92 Å². The highest BCUT2D eigenvalue weighted by atomic mass is 32.1. The largest absolute Gasteiger partial charge is 0.477 e. The van der Waals surface area contributed by atoms with Crippen LogP contribution in [0.2, 0.25) is 0 Å². The number of hydrogen-bond donors (Lipinski definition) is 2. The van der Waals surface area contributed by atoms with E-state index in [9.17, 15) is 9.90 Å². The van der Waals surface area contributed by atoms with E-state index in [0.717, 1.165) is 35.8 Å². The lowest BCUT2D eigenvalue weighted by Gasteiger charge is -2.27. The molecule has 1 fully saturated rings. The zero-order valence-corrected chi connectivity index (χ0v) is 12.2. The molecule has 0 bridgehead atoms. The summed E-state index contributed by atoms with van der Waals surface area (Å²) < 4.78 is 0. The molecule has 1 aromatic heterocycles. The van der Waals surface area contributed by atoms with Crippen LogP contribution in [0, 0.1) is 5.92 Å². The number of nitrogen functional groups attached to an aromatic ring is 1. The number of hydrogen-bond acceptors (Lipinski definition) is 4. The summed E-state index contributed by atoms with van der Waals surface area (Å²) in [5, 5.41) is 9.57. The summed E-state index contributed by atoms with van der Waals surface area (Å²) in [7, 11) is 0. The highest BCUT2D eigenvalue weighted by Gasteiger charge is 2.28. The Hall–Kier alpha value is -1.10. The maximum atomic E-state index is 11.2. The summed E-state index contributed by atoms with van der Waals surface area (Å²) in [5.74, 6) is 0.218. The van der Waals surface area contributed by atoms with Crippen molar-refractivity contribution in [2.24, 2.45) is 5.92 Å². The summed E-state index contributed by atoms with van der Waals surface area (Å²) in [6.07, 6.45) is 8.37. The average molecular weight is 282 g/mol. The van der Waals surface area contributed by atoms with E-state index in [2.05, 4.69) is 11.9 Å². The predicted molar refractivity (Wildman–Crippen MR) is 77.7 cm³/mol. The van der Waals surface area contributed by atoms with Gasteiger partial charge in [-0.25, -0.2) is 9.78 Å². The van der Waals surface area contributed by atoms with Gasteiger partial charge < -0.3 is 10.8 Å². The van der Waals surface area contributed by atoms with Gasteiger partial charge in [0.25, 0.3) is 0 Å². The predicted octanol–water partition coefficient (Wildman–Crippen LogP) is 3.89. The second-order valence-corrected chi connectivity index (χ2v) is 6.46. The summed E-state index contributed by atoms with van der Waals surface area (Å²) in [6, 6.07) is 0. The van der Waals surface area contributed by atoms with Crippen molar-refractivity contribution in [3.05, 3.63) is 10.6 Å². The van der Waals surface area contributed by atoms with E-state index in [-0.39, 0.29) is 5.92 Å². The van der Waals surface area contributed by atoms with E-state index in [1.54, 1.807) is 0 Å². The number of rotatable bonds is 5. The number of nitrogens with two attached hydrogens (primary N) is 1. The van der Waals surface area contributed by atoms with E-state index in [4.69, 9.17) is 5.73 Å². The third kappa shape index (κ3) is 3.47. The Kier molecular flexibility index (Phi) is 4.80. The first-order valence-corrected chi connectivity index (χ1v) is 7.93. The molecule has 1 heterocycles. The van der Waals surface area contributed by atoms with Crippen molar-refractivity contribution in [2.45, 2.75) is 57.8 Å². The molecule has 3 N–H and O–H groups in total. The number of carbonyl (C=O) groups is 1. The van der Waals surface area contributed by atoms with Crippen LogP contribution >= 0.6 is 11.3 Å². The number of thiazole rings is 1. The first kappa shape index (κ1) is 14.3. The van der Waals surface area contributed by atoms with Crippen molar-refractivity contribution >= 4 is 22.4 Å². The SMILES string of the molecule is CCCCC1CCC(c2nc(N)sc2C(=O)O)CC1. The van der Waals surface area contributed by atoms with Gasteiger partial charge in [-0.15, -0.1) is 0 Å². The third-order valence-electron chi connectivity index (χ3n) is 4.06. The van der Waals surface area contributed by atoms with E-state index < -0.39 is 5.97 Å². The van der Waals surface area contributed by atoms with Gasteiger partial charge in [-0.3, -0.25) is 0 Å². The fraction of sp³-hybridized carbons (Fsp3) is 0.714. The van der Waals surface area contributed by atoms with Gasteiger partial charge >= 0.3 is 5.97 Å². The van der Waals surface area contributed by atoms with Crippen molar-refractivity contribution < 1.29 is 9.90 Å². The van der Waals surface area contributed by atoms with Crippen LogP contribution < -0.4 is 5.73 Å². The number of nitrogens with zero attached hydrogens (tertiary/aromatic N) is 1. The number of aromatic carboxylic acids is 1. The molecule has 4 nitrogen and oxygen atoms in total. The smallest absolute Gasteiger partial charge is 0.347 e. The van der Waals surface area contributed by atoms with Crippen LogP contribution in [0.3, 0.4) is 0 Å². The van der Waals surface area contributed by atoms with Crippen molar-refractivity contribution in [3.63, 3.8) is 0 Å². The molecule has 1 aliphatic rings. The first-order valence-electron chi connectivity index (χ1n) is 7.11. The van der Waals surface area contributed by atoms with Crippen molar-refractivity contribution in [1.29, 1.82) is 0 Å².